The van der Waals surface area contributed by atoms with Gasteiger partial charge in [-0.1, -0.05) is 47.7 Å². The Morgan fingerprint density at radius 1 is 0.966 bits per heavy atom. The van der Waals surface area contributed by atoms with Crippen LogP contribution >= 0.6 is 11.8 Å². The molecule has 0 saturated carbocycles. The van der Waals surface area contributed by atoms with Crippen LogP contribution in [0.5, 0.6) is 0 Å². The fourth-order valence-electron chi connectivity index (χ4n) is 3.51. The van der Waals surface area contributed by atoms with Crippen molar-refractivity contribution in [2.24, 2.45) is 0 Å². The molecular weight excluding hydrogens is 384 g/mol. The van der Waals surface area contributed by atoms with Crippen LogP contribution in [-0.4, -0.2) is 43.8 Å². The van der Waals surface area contributed by atoms with Crippen molar-refractivity contribution in [1.82, 2.24) is 19.7 Å². The van der Waals surface area contributed by atoms with Crippen molar-refractivity contribution in [3.05, 3.63) is 65.2 Å². The highest BCUT2D eigenvalue weighted by molar-refractivity contribution is 7.99. The summed E-state index contributed by atoms with van der Waals surface area (Å²) < 4.78 is 2.10. The van der Waals surface area contributed by atoms with E-state index < -0.39 is 0 Å². The number of hydrogen-bond acceptors (Lipinski definition) is 5. The van der Waals surface area contributed by atoms with Gasteiger partial charge >= 0.3 is 0 Å². The first kappa shape index (κ1) is 19.4. The molecule has 1 aliphatic heterocycles. The van der Waals surface area contributed by atoms with Gasteiger partial charge in [-0.2, -0.15) is 0 Å². The lowest BCUT2D eigenvalue weighted by atomic mass is 10.1. The monoisotopic (exact) mass is 406 g/mol. The molecule has 0 saturated heterocycles. The maximum Gasteiger partial charge on any atom is 0.261 e. The number of hydrogen-bond donors (Lipinski definition) is 0. The van der Waals surface area contributed by atoms with Gasteiger partial charge in [0.25, 0.3) is 11.8 Å². The second-order valence-corrected chi connectivity index (χ2v) is 7.99. The van der Waals surface area contributed by atoms with E-state index in [9.17, 15) is 9.59 Å². The van der Waals surface area contributed by atoms with Crippen molar-refractivity contribution in [2.45, 2.75) is 32.0 Å². The van der Waals surface area contributed by atoms with Gasteiger partial charge in [-0.05, 0) is 38.5 Å². The van der Waals surface area contributed by atoms with Crippen LogP contribution in [-0.2, 0) is 6.54 Å². The largest absolute Gasteiger partial charge is 0.302 e. The number of fused-ring (bicyclic) bond motifs is 1. The number of aromatic nitrogens is 3. The lowest BCUT2D eigenvalue weighted by molar-refractivity contribution is 0.0655. The van der Waals surface area contributed by atoms with Gasteiger partial charge in [-0.3, -0.25) is 14.5 Å². The second kappa shape index (κ2) is 8.21. The van der Waals surface area contributed by atoms with Crippen LogP contribution in [0.4, 0.5) is 0 Å². The van der Waals surface area contributed by atoms with Crippen LogP contribution in [0.2, 0.25) is 0 Å². The molecule has 0 atom stereocenters. The molecule has 0 N–H and O–H groups in total. The summed E-state index contributed by atoms with van der Waals surface area (Å²) in [5.74, 6) is 1.21. The molecule has 2 heterocycles. The van der Waals surface area contributed by atoms with Gasteiger partial charge in [-0.25, -0.2) is 0 Å². The van der Waals surface area contributed by atoms with Crippen LogP contribution in [0.1, 0.15) is 39.6 Å². The molecule has 0 aliphatic carbocycles. The fraction of sp³-hybridized carbons (Fsp3) is 0.273. The molecule has 3 aromatic rings. The minimum Gasteiger partial charge on any atom is -0.302 e. The first-order chi connectivity index (χ1) is 14.1. The molecule has 0 radical (unpaired) electrons. The highest BCUT2D eigenvalue weighted by atomic mass is 32.2. The van der Waals surface area contributed by atoms with E-state index in [0.29, 0.717) is 24.1 Å². The number of aryl methyl sites for hydroxylation is 1. The normalized spacial score (nSPS) is 13.2. The molecule has 0 bridgehead atoms. The van der Waals surface area contributed by atoms with Crippen LogP contribution in [0.15, 0.2) is 53.7 Å². The second-order valence-electron chi connectivity index (χ2n) is 6.93. The van der Waals surface area contributed by atoms with E-state index in [-0.39, 0.29) is 11.8 Å². The number of nitrogens with zero attached hydrogens (tertiary/aromatic N) is 4. The molecule has 4 rings (SSSR count). The van der Waals surface area contributed by atoms with Gasteiger partial charge in [0, 0.05) is 24.4 Å². The first-order valence-corrected chi connectivity index (χ1v) is 10.7. The number of benzene rings is 2. The molecule has 2 aromatic carbocycles. The average Bonchev–Trinajstić information content (AvgIpc) is 3.25. The Kier molecular flexibility index (Phi) is 5.49. The fourth-order valence-corrected chi connectivity index (χ4v) is 4.43. The summed E-state index contributed by atoms with van der Waals surface area (Å²) in [5, 5.41) is 9.59. The van der Waals surface area contributed by atoms with E-state index >= 15 is 0 Å². The Morgan fingerprint density at radius 2 is 1.69 bits per heavy atom. The maximum atomic E-state index is 12.4. The van der Waals surface area contributed by atoms with Crippen LogP contribution < -0.4 is 0 Å². The van der Waals surface area contributed by atoms with Gasteiger partial charge in [0.05, 0.1) is 11.1 Å². The predicted octanol–water partition coefficient (Wildman–Crippen LogP) is 4.05. The van der Waals surface area contributed by atoms with E-state index in [0.717, 1.165) is 28.8 Å². The summed E-state index contributed by atoms with van der Waals surface area (Å²) in [6.45, 7) is 5.32. The van der Waals surface area contributed by atoms with Crippen molar-refractivity contribution >= 4 is 23.6 Å². The van der Waals surface area contributed by atoms with Crippen LogP contribution in [0, 0.1) is 6.92 Å². The zero-order valence-electron chi connectivity index (χ0n) is 16.5. The maximum absolute atomic E-state index is 12.4. The third-order valence-electron chi connectivity index (χ3n) is 4.94. The van der Waals surface area contributed by atoms with Gasteiger partial charge in [-0.15, -0.1) is 10.2 Å². The SMILES string of the molecule is CCn1c(SCCCN2C(=O)c3ccccc3C2=O)nnc1-c1cccc(C)c1. The highest BCUT2D eigenvalue weighted by Gasteiger charge is 2.34. The van der Waals surface area contributed by atoms with Gasteiger partial charge < -0.3 is 4.57 Å². The molecule has 0 spiro atoms. The minimum atomic E-state index is -0.200. The molecule has 6 nitrogen and oxygen atoms in total. The third-order valence-corrected chi connectivity index (χ3v) is 6.00. The van der Waals surface area contributed by atoms with Crippen molar-refractivity contribution in [3.8, 4) is 11.4 Å². The Bertz CT molecular complexity index is 1040. The number of rotatable bonds is 7. The average molecular weight is 407 g/mol. The van der Waals surface area contributed by atoms with Gasteiger partial charge in [0.15, 0.2) is 11.0 Å². The van der Waals surface area contributed by atoms with Gasteiger partial charge in [0.1, 0.15) is 0 Å². The lowest BCUT2D eigenvalue weighted by Crippen LogP contribution is -2.31. The number of imide groups is 1. The Labute approximate surface area is 173 Å². The summed E-state index contributed by atoms with van der Waals surface area (Å²) in [6, 6.07) is 15.2. The van der Waals surface area contributed by atoms with E-state index in [2.05, 4.69) is 40.7 Å². The summed E-state index contributed by atoms with van der Waals surface area (Å²) in [5.41, 5.74) is 3.23. The molecule has 29 heavy (non-hydrogen) atoms. The van der Waals surface area contributed by atoms with E-state index in [1.54, 1.807) is 36.0 Å². The number of carbonyl (C=O) groups excluding carboxylic acids is 2. The van der Waals surface area contributed by atoms with E-state index in [1.807, 2.05) is 12.1 Å². The zero-order valence-corrected chi connectivity index (χ0v) is 17.3. The lowest BCUT2D eigenvalue weighted by Gasteiger charge is -2.13. The highest BCUT2D eigenvalue weighted by Crippen LogP contribution is 2.26. The summed E-state index contributed by atoms with van der Waals surface area (Å²) in [4.78, 5) is 26.2. The quantitative estimate of drug-likeness (QED) is 0.336. The van der Waals surface area contributed by atoms with Gasteiger partial charge in [0.2, 0.25) is 0 Å². The molecule has 0 unspecified atom stereocenters. The number of carbonyl (C=O) groups is 2. The molecule has 148 valence electrons. The number of amides is 2. The molecule has 1 aromatic heterocycles. The summed E-state index contributed by atoms with van der Waals surface area (Å²) in [7, 11) is 0. The van der Waals surface area contributed by atoms with Crippen LogP contribution in [0.3, 0.4) is 0 Å². The summed E-state index contributed by atoms with van der Waals surface area (Å²) in [6.07, 6.45) is 0.701. The molecule has 7 heteroatoms. The van der Waals surface area contributed by atoms with Crippen molar-refractivity contribution < 1.29 is 9.59 Å². The third kappa shape index (κ3) is 3.70. The Balaban J connectivity index is 1.38. The van der Waals surface area contributed by atoms with E-state index in [1.165, 1.54) is 10.5 Å². The molecular formula is C22H22N4O2S. The Morgan fingerprint density at radius 3 is 2.34 bits per heavy atom. The molecule has 1 aliphatic rings. The summed E-state index contributed by atoms with van der Waals surface area (Å²) >= 11 is 1.60. The first-order valence-electron chi connectivity index (χ1n) is 9.68. The Hall–Kier alpha value is -2.93. The minimum absolute atomic E-state index is 0.200. The molecule has 2 amide bonds. The van der Waals surface area contributed by atoms with Crippen LogP contribution in [0.25, 0.3) is 11.4 Å². The standard InChI is InChI=1S/C22H22N4O2S/c1-3-25-19(16-9-6-8-15(2)14-16)23-24-22(25)29-13-7-12-26-20(27)17-10-4-5-11-18(17)21(26)28/h4-6,8-11,14H,3,7,12-13H2,1-2H3. The van der Waals surface area contributed by atoms with Crippen molar-refractivity contribution in [2.75, 3.05) is 12.3 Å². The topological polar surface area (TPSA) is 68.1 Å². The van der Waals surface area contributed by atoms with Crippen molar-refractivity contribution in [1.29, 1.82) is 0 Å². The molecule has 0 fully saturated rings. The van der Waals surface area contributed by atoms with E-state index in [4.69, 9.17) is 0 Å². The van der Waals surface area contributed by atoms with Crippen molar-refractivity contribution in [3.63, 3.8) is 0 Å². The zero-order chi connectivity index (χ0) is 20.4. The smallest absolute Gasteiger partial charge is 0.261 e. The number of thioether (sulfide) groups is 1. The predicted molar refractivity (Wildman–Crippen MR) is 113 cm³/mol.